The maximum atomic E-state index is 14.1. The molecule has 4 atom stereocenters. The lowest BCUT2D eigenvalue weighted by Crippen LogP contribution is -2.65. The van der Waals surface area contributed by atoms with Gasteiger partial charge in [0, 0.05) is 30.5 Å². The van der Waals surface area contributed by atoms with Crippen molar-refractivity contribution < 1.29 is 39.6 Å². The van der Waals surface area contributed by atoms with Crippen LogP contribution in [0.1, 0.15) is 30.0 Å². The molecule has 0 bridgehead atoms. The summed E-state index contributed by atoms with van der Waals surface area (Å²) in [5.74, 6) is -7.43. The van der Waals surface area contributed by atoms with Crippen molar-refractivity contribution in [3.05, 3.63) is 70.0 Å². The molecule has 7 N–H and O–H groups in total. The molecule has 41 heavy (non-hydrogen) atoms. The van der Waals surface area contributed by atoms with E-state index in [1.807, 2.05) is 30.3 Å². The van der Waals surface area contributed by atoms with Gasteiger partial charge < -0.3 is 31.5 Å². The second-order valence-corrected chi connectivity index (χ2v) is 11.0. The largest absolute Gasteiger partial charge is 0.508 e. The van der Waals surface area contributed by atoms with Crippen LogP contribution in [-0.4, -0.2) is 74.4 Å². The van der Waals surface area contributed by atoms with Gasteiger partial charge in [-0.25, -0.2) is 0 Å². The average molecular weight is 562 g/mol. The van der Waals surface area contributed by atoms with Crippen LogP contribution in [0.25, 0.3) is 16.9 Å². The molecule has 0 unspecified atom stereocenters. The first kappa shape index (κ1) is 28.1. The number of rotatable bonds is 5. The summed E-state index contributed by atoms with van der Waals surface area (Å²) in [6, 6.07) is 9.77. The van der Waals surface area contributed by atoms with E-state index >= 15 is 0 Å². The minimum absolute atomic E-state index is 0.00556. The third-order valence-electron chi connectivity index (χ3n) is 8.41. The van der Waals surface area contributed by atoms with Crippen molar-refractivity contribution in [1.29, 1.82) is 0 Å². The molecular formula is C30H31N3O8. The Balaban J connectivity index is 1.76. The van der Waals surface area contributed by atoms with Gasteiger partial charge in [0.1, 0.15) is 22.8 Å². The predicted octanol–water partition coefficient (Wildman–Crippen LogP) is 1.27. The molecule has 0 aliphatic heterocycles. The first-order chi connectivity index (χ1) is 19.3. The molecule has 11 heteroatoms. The smallest absolute Gasteiger partial charge is 0.255 e. The Labute approximate surface area is 235 Å². The van der Waals surface area contributed by atoms with E-state index in [1.54, 1.807) is 20.2 Å². The zero-order valence-corrected chi connectivity index (χ0v) is 22.8. The van der Waals surface area contributed by atoms with Crippen molar-refractivity contribution >= 4 is 29.1 Å². The lowest BCUT2D eigenvalue weighted by Gasteiger charge is -2.50. The number of Topliss-reactive ketones (excluding diaryl/α,β-unsaturated/α-hetero) is 2. The highest BCUT2D eigenvalue weighted by molar-refractivity contribution is 6.24. The minimum Gasteiger partial charge on any atom is -0.508 e. The Morgan fingerprint density at radius 1 is 1.12 bits per heavy atom. The summed E-state index contributed by atoms with van der Waals surface area (Å²) in [7, 11) is 3.10. The number of nitrogens with zero attached hydrogens (tertiary/aromatic N) is 1. The van der Waals surface area contributed by atoms with Crippen molar-refractivity contribution in [3.8, 4) is 16.9 Å². The summed E-state index contributed by atoms with van der Waals surface area (Å²) in [5.41, 5.74) is 3.82. The number of amides is 2. The molecule has 11 nitrogen and oxygen atoms in total. The van der Waals surface area contributed by atoms with E-state index in [2.05, 4.69) is 5.32 Å². The Hall–Kier alpha value is -4.48. The Morgan fingerprint density at radius 2 is 1.78 bits per heavy atom. The zero-order chi connectivity index (χ0) is 30.0. The molecule has 1 saturated carbocycles. The van der Waals surface area contributed by atoms with Gasteiger partial charge in [-0.15, -0.1) is 0 Å². The summed E-state index contributed by atoms with van der Waals surface area (Å²) in [5, 5.41) is 48.3. The number of likely N-dealkylation sites (N-methyl/N-ethyl adjacent to an activating group) is 1. The van der Waals surface area contributed by atoms with E-state index in [0.29, 0.717) is 11.1 Å². The fourth-order valence-corrected chi connectivity index (χ4v) is 6.60. The molecular weight excluding hydrogens is 530 g/mol. The van der Waals surface area contributed by atoms with E-state index in [-0.39, 0.29) is 47.7 Å². The molecule has 0 saturated heterocycles. The summed E-state index contributed by atoms with van der Waals surface area (Å²) < 4.78 is 0. The molecule has 214 valence electrons. The highest BCUT2D eigenvalue weighted by Gasteiger charge is 2.64. The van der Waals surface area contributed by atoms with Crippen LogP contribution in [0.5, 0.6) is 5.75 Å². The quantitative estimate of drug-likeness (QED) is 0.292. The molecule has 1 fully saturated rings. The number of hydrogen-bond donors (Lipinski definition) is 6. The number of carbonyl (C=O) groups is 4. The number of nitrogens with two attached hydrogens (primary N) is 1. The molecule has 0 heterocycles. The Kier molecular flexibility index (Phi) is 6.75. The number of aliphatic hydroxyl groups is 3. The number of benzene rings is 2. The number of ketones is 2. The third-order valence-corrected chi connectivity index (χ3v) is 8.41. The van der Waals surface area contributed by atoms with E-state index in [9.17, 15) is 39.6 Å². The van der Waals surface area contributed by atoms with Crippen LogP contribution < -0.4 is 11.1 Å². The van der Waals surface area contributed by atoms with Crippen LogP contribution in [0.2, 0.25) is 0 Å². The van der Waals surface area contributed by atoms with Crippen LogP contribution in [-0.2, 0) is 32.1 Å². The third kappa shape index (κ3) is 4.11. The van der Waals surface area contributed by atoms with Gasteiger partial charge in [0.15, 0.2) is 11.4 Å². The number of hydrogen-bond acceptors (Lipinski definition) is 9. The fraction of sp³-hybridized carbons (Fsp3) is 0.333. The van der Waals surface area contributed by atoms with Crippen LogP contribution in [0.4, 0.5) is 0 Å². The molecule has 5 rings (SSSR count). The second kappa shape index (κ2) is 9.86. The van der Waals surface area contributed by atoms with E-state index in [1.165, 1.54) is 11.8 Å². The van der Waals surface area contributed by atoms with E-state index in [4.69, 9.17) is 5.73 Å². The van der Waals surface area contributed by atoms with Crippen molar-refractivity contribution in [3.63, 3.8) is 0 Å². The summed E-state index contributed by atoms with van der Waals surface area (Å²) in [6.07, 6.45) is 0.154. The van der Waals surface area contributed by atoms with E-state index < -0.39 is 58.0 Å². The molecule has 2 amide bonds. The molecule has 3 aliphatic carbocycles. The van der Waals surface area contributed by atoms with Gasteiger partial charge in [-0.05, 0) is 55.6 Å². The van der Waals surface area contributed by atoms with Crippen LogP contribution in [0.3, 0.4) is 0 Å². The van der Waals surface area contributed by atoms with Gasteiger partial charge in [-0.3, -0.25) is 24.1 Å². The second-order valence-electron chi connectivity index (χ2n) is 11.0. The van der Waals surface area contributed by atoms with Gasteiger partial charge in [-0.1, -0.05) is 30.3 Å². The number of aromatic hydroxyl groups is 1. The summed E-state index contributed by atoms with van der Waals surface area (Å²) >= 11 is 0. The number of phenolic OH excluding ortho intramolecular Hbond substituents is 1. The highest BCUT2D eigenvalue weighted by Crippen LogP contribution is 2.54. The zero-order valence-electron chi connectivity index (χ0n) is 22.8. The lowest BCUT2D eigenvalue weighted by atomic mass is 9.57. The Bertz CT molecular complexity index is 1580. The number of fused-ring (bicyclic) bond motifs is 3. The van der Waals surface area contributed by atoms with Crippen molar-refractivity contribution in [1.82, 2.24) is 10.2 Å². The molecule has 3 aliphatic rings. The fourth-order valence-electron chi connectivity index (χ4n) is 6.60. The summed E-state index contributed by atoms with van der Waals surface area (Å²) in [4.78, 5) is 52.6. The normalized spacial score (nSPS) is 25.5. The summed E-state index contributed by atoms with van der Waals surface area (Å²) in [6.45, 7) is 1.27. The standard InChI is InChI=1S/C30H31N3O8/c1-13(34)32-12-16-10-17(14-7-5-4-6-8-14)18-9-15-11-19-23(33(2)3)26(37)22(29(31)40)28(39)30(19,41)27(38)20(15)25(36)21(18)24(16)35/h4-8,10,15,19,23,35-36,39,41H,9,11-12H2,1-3H3,(H2,31,40)(H,32,34)/t15-,19+,23-,30+/m1/s1. The average Bonchev–Trinajstić information content (AvgIpc) is 2.90. The molecule has 2 aromatic carbocycles. The SMILES string of the molecule is CC(=O)NCc1cc(-c2ccccc2)c2c(c1O)C(O)=C1C(=O)[C@]3(O)C(O)=C(C(N)=O)C(=O)[C@H](N(C)C)[C@@H]3C[C@H]1C2. The van der Waals surface area contributed by atoms with E-state index in [0.717, 1.165) is 5.56 Å². The Morgan fingerprint density at radius 3 is 2.37 bits per heavy atom. The molecule has 0 spiro atoms. The number of carbonyl (C=O) groups excluding carboxylic acids is 4. The first-order valence-electron chi connectivity index (χ1n) is 13.1. The minimum atomic E-state index is -2.71. The number of phenols is 1. The van der Waals surface area contributed by atoms with Crippen molar-refractivity contribution in [2.24, 2.45) is 17.6 Å². The van der Waals surface area contributed by atoms with Gasteiger partial charge in [-0.2, -0.15) is 0 Å². The van der Waals surface area contributed by atoms with Gasteiger partial charge >= 0.3 is 0 Å². The van der Waals surface area contributed by atoms with Crippen molar-refractivity contribution in [2.45, 2.75) is 38.0 Å². The first-order valence-corrected chi connectivity index (χ1v) is 13.1. The predicted molar refractivity (Wildman–Crippen MR) is 147 cm³/mol. The van der Waals surface area contributed by atoms with Gasteiger partial charge in [0.25, 0.3) is 5.91 Å². The number of nitrogens with one attached hydrogen (secondary N) is 1. The highest BCUT2D eigenvalue weighted by atomic mass is 16.3. The van der Waals surface area contributed by atoms with Crippen LogP contribution in [0.15, 0.2) is 53.3 Å². The molecule has 0 radical (unpaired) electrons. The van der Waals surface area contributed by atoms with Crippen molar-refractivity contribution in [2.75, 3.05) is 14.1 Å². The number of aliphatic hydroxyl groups excluding tert-OH is 2. The van der Waals surface area contributed by atoms with Gasteiger partial charge in [0.2, 0.25) is 11.7 Å². The number of primary amides is 1. The van der Waals surface area contributed by atoms with Gasteiger partial charge in [0.05, 0.1) is 11.6 Å². The maximum absolute atomic E-state index is 14.1. The molecule has 2 aromatic rings. The lowest BCUT2D eigenvalue weighted by molar-refractivity contribution is -0.153. The maximum Gasteiger partial charge on any atom is 0.255 e. The topological polar surface area (TPSA) is 190 Å². The monoisotopic (exact) mass is 561 g/mol. The van der Waals surface area contributed by atoms with Crippen LogP contribution >= 0.6 is 0 Å². The molecule has 0 aromatic heterocycles. The van der Waals surface area contributed by atoms with Crippen LogP contribution in [0, 0.1) is 11.8 Å².